The minimum absolute atomic E-state index is 0.152. The molecule has 0 fully saturated rings. The molecule has 0 atom stereocenters. The number of carbonyl (C=O) groups excluding carboxylic acids is 1. The zero-order valence-electron chi connectivity index (χ0n) is 16.9. The maximum absolute atomic E-state index is 13.0. The summed E-state index contributed by atoms with van der Waals surface area (Å²) >= 11 is 4.54. The first-order valence-electron chi connectivity index (χ1n) is 9.53. The Bertz CT molecular complexity index is 1420. The number of carbonyl (C=O) groups is 1. The van der Waals surface area contributed by atoms with Gasteiger partial charge in [-0.15, -0.1) is 11.3 Å². The Hall–Kier alpha value is -3.04. The number of aryl methyl sites for hydroxylation is 2. The van der Waals surface area contributed by atoms with Gasteiger partial charge in [-0.3, -0.25) is 23.5 Å². The summed E-state index contributed by atoms with van der Waals surface area (Å²) in [7, 11) is 0. The molecule has 158 valence electrons. The van der Waals surface area contributed by atoms with Crippen LogP contribution in [0.1, 0.15) is 32.1 Å². The summed E-state index contributed by atoms with van der Waals surface area (Å²) in [6, 6.07) is 11.2. The third-order valence-corrected chi connectivity index (χ3v) is 6.56. The van der Waals surface area contributed by atoms with Gasteiger partial charge in [0.15, 0.2) is 0 Å². The third-order valence-electron chi connectivity index (χ3n) is 4.86. The Morgan fingerprint density at radius 2 is 1.97 bits per heavy atom. The van der Waals surface area contributed by atoms with E-state index in [4.69, 9.17) is 0 Å². The first-order valence-corrected chi connectivity index (χ1v) is 11.1. The number of hydrogen-bond acceptors (Lipinski definition) is 5. The zero-order chi connectivity index (χ0) is 22.1. The number of hydrogen-bond donors (Lipinski definition) is 1. The van der Waals surface area contributed by atoms with Crippen LogP contribution in [-0.4, -0.2) is 19.9 Å². The number of aromatic nitrogens is 3. The molecule has 1 aromatic carbocycles. The van der Waals surface area contributed by atoms with Crippen molar-refractivity contribution in [2.24, 2.45) is 0 Å². The number of thiazole rings is 1. The van der Waals surface area contributed by atoms with Crippen LogP contribution < -0.4 is 16.6 Å². The van der Waals surface area contributed by atoms with Gasteiger partial charge in [0.2, 0.25) is 0 Å². The van der Waals surface area contributed by atoms with E-state index in [9.17, 15) is 14.4 Å². The molecule has 31 heavy (non-hydrogen) atoms. The minimum Gasteiger partial charge on any atom is -0.347 e. The van der Waals surface area contributed by atoms with Crippen molar-refractivity contribution in [1.29, 1.82) is 0 Å². The van der Waals surface area contributed by atoms with Crippen LogP contribution in [0.25, 0.3) is 4.83 Å². The first-order chi connectivity index (χ1) is 14.8. The van der Waals surface area contributed by atoms with Gasteiger partial charge in [0, 0.05) is 34.7 Å². The van der Waals surface area contributed by atoms with Crippen LogP contribution in [-0.2, 0) is 13.1 Å². The summed E-state index contributed by atoms with van der Waals surface area (Å²) < 4.78 is 3.44. The Morgan fingerprint density at radius 1 is 1.16 bits per heavy atom. The second-order valence-electron chi connectivity index (χ2n) is 7.19. The van der Waals surface area contributed by atoms with Gasteiger partial charge >= 0.3 is 5.69 Å². The number of pyridine rings is 1. The maximum Gasteiger partial charge on any atom is 0.336 e. The van der Waals surface area contributed by atoms with Crippen LogP contribution in [0.4, 0.5) is 0 Å². The summed E-state index contributed by atoms with van der Waals surface area (Å²) in [5.74, 6) is -0.298. The van der Waals surface area contributed by atoms with E-state index >= 15 is 0 Å². The molecule has 3 heterocycles. The van der Waals surface area contributed by atoms with E-state index in [1.165, 1.54) is 15.2 Å². The summed E-state index contributed by atoms with van der Waals surface area (Å²) in [6.07, 6.45) is 3.19. The van der Waals surface area contributed by atoms with Crippen molar-refractivity contribution >= 4 is 38.0 Å². The highest BCUT2D eigenvalue weighted by Gasteiger charge is 2.17. The van der Waals surface area contributed by atoms with E-state index in [1.807, 2.05) is 43.3 Å². The number of amides is 1. The van der Waals surface area contributed by atoms with Gasteiger partial charge in [-0.2, -0.15) is 0 Å². The van der Waals surface area contributed by atoms with Crippen molar-refractivity contribution in [3.63, 3.8) is 0 Å². The molecule has 0 aliphatic heterocycles. The molecule has 0 aliphatic carbocycles. The summed E-state index contributed by atoms with van der Waals surface area (Å²) in [6.45, 7) is 4.06. The quantitative estimate of drug-likeness (QED) is 0.457. The minimum atomic E-state index is -0.467. The summed E-state index contributed by atoms with van der Waals surface area (Å²) in [5.41, 5.74) is 2.24. The highest BCUT2D eigenvalue weighted by atomic mass is 79.9. The second-order valence-corrected chi connectivity index (χ2v) is 9.13. The number of fused-ring (bicyclic) bond motifs is 1. The fourth-order valence-electron chi connectivity index (χ4n) is 3.31. The smallest absolute Gasteiger partial charge is 0.336 e. The third kappa shape index (κ3) is 4.38. The molecule has 0 saturated heterocycles. The Morgan fingerprint density at radius 3 is 2.71 bits per heavy atom. The predicted molar refractivity (Wildman–Crippen MR) is 124 cm³/mol. The lowest BCUT2D eigenvalue weighted by atomic mass is 10.2. The molecule has 3 aromatic heterocycles. The van der Waals surface area contributed by atoms with Crippen molar-refractivity contribution in [2.75, 3.05) is 0 Å². The van der Waals surface area contributed by atoms with Gasteiger partial charge in [-0.25, -0.2) is 4.79 Å². The van der Waals surface area contributed by atoms with Gasteiger partial charge in [0.25, 0.3) is 11.5 Å². The molecule has 4 rings (SSSR count). The lowest BCUT2D eigenvalue weighted by Crippen LogP contribution is -2.38. The highest BCUT2D eigenvalue weighted by Crippen LogP contribution is 2.19. The molecule has 1 N–H and O–H groups in total. The van der Waals surface area contributed by atoms with Crippen LogP contribution in [0, 0.1) is 13.8 Å². The summed E-state index contributed by atoms with van der Waals surface area (Å²) in [4.78, 5) is 43.5. The van der Waals surface area contributed by atoms with Crippen molar-refractivity contribution in [1.82, 2.24) is 19.3 Å². The van der Waals surface area contributed by atoms with Crippen molar-refractivity contribution < 1.29 is 4.79 Å². The van der Waals surface area contributed by atoms with E-state index in [0.29, 0.717) is 21.8 Å². The van der Waals surface area contributed by atoms with Gasteiger partial charge < -0.3 is 5.32 Å². The number of nitrogens with one attached hydrogen (secondary N) is 1. The molecule has 0 spiro atoms. The Labute approximate surface area is 190 Å². The van der Waals surface area contributed by atoms with Crippen LogP contribution in [0.5, 0.6) is 0 Å². The highest BCUT2D eigenvalue weighted by molar-refractivity contribution is 9.10. The van der Waals surface area contributed by atoms with E-state index in [-0.39, 0.29) is 18.0 Å². The van der Waals surface area contributed by atoms with Crippen LogP contribution >= 0.6 is 27.3 Å². The fraction of sp³-hybridized carbons (Fsp3) is 0.182. The van der Waals surface area contributed by atoms with E-state index < -0.39 is 5.69 Å². The largest absolute Gasteiger partial charge is 0.347 e. The van der Waals surface area contributed by atoms with Gasteiger partial charge in [-0.1, -0.05) is 28.1 Å². The standard InChI is InChI=1S/C22H19BrN4O3S/c1-13-8-15(6-7-24-13)10-25-19(28)18-12-27-21(31-18)14(2)20(29)26(22(27)30)11-16-4-3-5-17(23)9-16/h3-9,12H,10-11H2,1-2H3,(H,25,28). The van der Waals surface area contributed by atoms with Crippen molar-refractivity contribution in [2.45, 2.75) is 26.9 Å². The lowest BCUT2D eigenvalue weighted by Gasteiger charge is -2.08. The molecule has 7 nitrogen and oxygen atoms in total. The second kappa shape index (κ2) is 8.60. The van der Waals surface area contributed by atoms with E-state index in [2.05, 4.69) is 26.2 Å². The topological polar surface area (TPSA) is 85.5 Å². The molecule has 9 heteroatoms. The SMILES string of the molecule is Cc1cc(CNC(=O)c2cn3c(=O)n(Cc4cccc(Br)c4)c(=O)c(C)c3s2)ccn1. The van der Waals surface area contributed by atoms with Crippen LogP contribution in [0.2, 0.25) is 0 Å². The monoisotopic (exact) mass is 498 g/mol. The molecular weight excluding hydrogens is 480 g/mol. The molecule has 0 aliphatic rings. The van der Waals surface area contributed by atoms with E-state index in [0.717, 1.165) is 32.6 Å². The van der Waals surface area contributed by atoms with Gasteiger partial charge in [0.1, 0.15) is 9.71 Å². The molecule has 0 radical (unpaired) electrons. The zero-order valence-corrected chi connectivity index (χ0v) is 19.3. The van der Waals surface area contributed by atoms with E-state index in [1.54, 1.807) is 13.1 Å². The number of nitrogens with zero attached hydrogens (tertiary/aromatic N) is 3. The molecular formula is C22H19BrN4O3S. The molecule has 4 aromatic rings. The number of rotatable bonds is 5. The average Bonchev–Trinajstić information content (AvgIpc) is 3.20. The van der Waals surface area contributed by atoms with Crippen LogP contribution in [0.3, 0.4) is 0 Å². The summed E-state index contributed by atoms with van der Waals surface area (Å²) in [5, 5.41) is 2.86. The normalized spacial score (nSPS) is 11.1. The lowest BCUT2D eigenvalue weighted by molar-refractivity contribution is 0.0954. The average molecular weight is 499 g/mol. The fourth-order valence-corrected chi connectivity index (χ4v) is 4.76. The number of benzene rings is 1. The molecule has 0 bridgehead atoms. The Kier molecular flexibility index (Phi) is 5.88. The Balaban J connectivity index is 1.66. The first kappa shape index (κ1) is 21.2. The van der Waals surface area contributed by atoms with Gasteiger partial charge in [0.05, 0.1) is 6.54 Å². The maximum atomic E-state index is 13.0. The van der Waals surface area contributed by atoms with Crippen molar-refractivity contribution in [3.05, 3.63) is 101 Å². The molecule has 1 amide bonds. The predicted octanol–water partition coefficient (Wildman–Crippen LogP) is 3.28. The van der Waals surface area contributed by atoms with Crippen LogP contribution in [0.15, 0.2) is 62.9 Å². The van der Waals surface area contributed by atoms with Crippen molar-refractivity contribution in [3.8, 4) is 0 Å². The number of halogens is 1. The molecule has 0 unspecified atom stereocenters. The van der Waals surface area contributed by atoms with Gasteiger partial charge in [-0.05, 0) is 49.2 Å². The molecule has 0 saturated carbocycles.